The minimum Gasteiger partial charge on any atom is -0.494 e. The van der Waals surface area contributed by atoms with Crippen LogP contribution in [0.25, 0.3) is 0 Å². The van der Waals surface area contributed by atoms with Crippen LogP contribution in [0.15, 0.2) is 24.3 Å². The van der Waals surface area contributed by atoms with Gasteiger partial charge in [-0.3, -0.25) is 4.21 Å². The Kier molecular flexibility index (Phi) is 6.89. The van der Waals surface area contributed by atoms with Crippen LogP contribution in [0.2, 0.25) is 0 Å². The molecule has 0 aliphatic carbocycles. The summed E-state index contributed by atoms with van der Waals surface area (Å²) in [6, 6.07) is 8.05. The second-order valence-electron chi connectivity index (χ2n) is 3.69. The molecule has 1 aromatic rings. The standard InChI is InChI=1S/C13H21NO2S/c1-3-16-13-7-5-12(6-8-13)11-14-9-10-17(15)4-2/h5-8,14H,3-4,9-11H2,1-2H3. The molecule has 96 valence electrons. The molecule has 3 nitrogen and oxygen atoms in total. The number of hydrogen-bond donors (Lipinski definition) is 1. The largest absolute Gasteiger partial charge is 0.494 e. The van der Waals surface area contributed by atoms with E-state index in [0.29, 0.717) is 6.61 Å². The number of rotatable bonds is 8. The quantitative estimate of drug-likeness (QED) is 0.722. The molecule has 0 amide bonds. The van der Waals surface area contributed by atoms with Crippen molar-refractivity contribution in [1.29, 1.82) is 0 Å². The summed E-state index contributed by atoms with van der Waals surface area (Å²) in [5.74, 6) is 2.38. The van der Waals surface area contributed by atoms with Crippen molar-refractivity contribution < 1.29 is 8.95 Å². The van der Waals surface area contributed by atoms with Gasteiger partial charge in [0, 0.05) is 35.4 Å². The minimum absolute atomic E-state index is 0.674. The highest BCUT2D eigenvalue weighted by Crippen LogP contribution is 2.11. The van der Waals surface area contributed by atoms with Crippen molar-refractivity contribution in [3.8, 4) is 5.75 Å². The Morgan fingerprint density at radius 2 is 1.94 bits per heavy atom. The van der Waals surface area contributed by atoms with Crippen molar-refractivity contribution in [1.82, 2.24) is 5.32 Å². The van der Waals surface area contributed by atoms with Gasteiger partial charge in [0.25, 0.3) is 0 Å². The van der Waals surface area contributed by atoms with Crippen molar-refractivity contribution in [2.24, 2.45) is 0 Å². The molecule has 0 aromatic heterocycles. The van der Waals surface area contributed by atoms with Crippen LogP contribution < -0.4 is 10.1 Å². The van der Waals surface area contributed by atoms with Crippen LogP contribution in [0.3, 0.4) is 0 Å². The summed E-state index contributed by atoms with van der Waals surface area (Å²) >= 11 is 0. The monoisotopic (exact) mass is 255 g/mol. The van der Waals surface area contributed by atoms with E-state index < -0.39 is 10.8 Å². The molecule has 1 N–H and O–H groups in total. The third kappa shape index (κ3) is 5.84. The lowest BCUT2D eigenvalue weighted by molar-refractivity contribution is 0.340. The normalized spacial score (nSPS) is 12.4. The summed E-state index contributed by atoms with van der Waals surface area (Å²) in [6.07, 6.45) is 0. The van der Waals surface area contributed by atoms with Crippen molar-refractivity contribution in [3.05, 3.63) is 29.8 Å². The molecular formula is C13H21NO2S. The molecule has 4 heteroatoms. The van der Waals surface area contributed by atoms with Crippen molar-refractivity contribution >= 4 is 10.8 Å². The highest BCUT2D eigenvalue weighted by molar-refractivity contribution is 7.84. The Balaban J connectivity index is 2.25. The Bertz CT molecular complexity index is 338. The Morgan fingerprint density at radius 3 is 2.53 bits per heavy atom. The Hall–Kier alpha value is -0.870. The average Bonchev–Trinajstić information content (AvgIpc) is 2.36. The van der Waals surface area contributed by atoms with Gasteiger partial charge in [-0.2, -0.15) is 0 Å². The molecule has 0 spiro atoms. The van der Waals surface area contributed by atoms with E-state index >= 15 is 0 Å². The van der Waals surface area contributed by atoms with Gasteiger partial charge < -0.3 is 10.1 Å². The maximum absolute atomic E-state index is 11.2. The summed E-state index contributed by atoms with van der Waals surface area (Å²) in [6.45, 7) is 6.23. The maximum Gasteiger partial charge on any atom is 0.119 e. The fraction of sp³-hybridized carbons (Fsp3) is 0.538. The van der Waals surface area contributed by atoms with Crippen LogP contribution >= 0.6 is 0 Å². The van der Waals surface area contributed by atoms with E-state index in [0.717, 1.165) is 30.3 Å². The molecule has 17 heavy (non-hydrogen) atoms. The van der Waals surface area contributed by atoms with Gasteiger partial charge in [0.15, 0.2) is 0 Å². The molecule has 0 aliphatic heterocycles. The molecule has 0 saturated carbocycles. The summed E-state index contributed by atoms with van der Waals surface area (Å²) in [5, 5.41) is 3.28. The lowest BCUT2D eigenvalue weighted by Gasteiger charge is -2.06. The molecule has 0 fully saturated rings. The smallest absolute Gasteiger partial charge is 0.119 e. The van der Waals surface area contributed by atoms with Gasteiger partial charge in [-0.25, -0.2) is 0 Å². The lowest BCUT2D eigenvalue weighted by Crippen LogP contribution is -2.20. The fourth-order valence-electron chi connectivity index (χ4n) is 1.43. The first-order valence-electron chi connectivity index (χ1n) is 6.03. The van der Waals surface area contributed by atoms with Crippen molar-refractivity contribution in [2.75, 3.05) is 24.7 Å². The van der Waals surface area contributed by atoms with Crippen LogP contribution in [-0.4, -0.2) is 28.9 Å². The van der Waals surface area contributed by atoms with Crippen LogP contribution in [0.4, 0.5) is 0 Å². The summed E-state index contributed by atoms with van der Waals surface area (Å²) in [5.41, 5.74) is 1.22. The van der Waals surface area contributed by atoms with Gasteiger partial charge in [-0.15, -0.1) is 0 Å². The van der Waals surface area contributed by atoms with Crippen LogP contribution in [0, 0.1) is 0 Å². The van der Waals surface area contributed by atoms with Crippen LogP contribution in [0.5, 0.6) is 5.75 Å². The SMILES string of the molecule is CCOc1ccc(CNCCS(=O)CC)cc1. The topological polar surface area (TPSA) is 38.3 Å². The highest BCUT2D eigenvalue weighted by atomic mass is 32.2. The summed E-state index contributed by atoms with van der Waals surface area (Å²) in [4.78, 5) is 0. The van der Waals surface area contributed by atoms with Gasteiger partial charge in [-0.1, -0.05) is 19.1 Å². The third-order valence-electron chi connectivity index (χ3n) is 2.39. The Morgan fingerprint density at radius 1 is 1.24 bits per heavy atom. The molecule has 0 saturated heterocycles. The number of ether oxygens (including phenoxy) is 1. The van der Waals surface area contributed by atoms with E-state index in [1.54, 1.807) is 0 Å². The minimum atomic E-state index is -0.674. The molecule has 0 aliphatic rings. The second-order valence-corrected chi connectivity index (χ2v) is 5.55. The fourth-order valence-corrected chi connectivity index (χ4v) is 2.09. The van der Waals surface area contributed by atoms with Gasteiger partial charge in [0.1, 0.15) is 5.75 Å². The van der Waals surface area contributed by atoms with Gasteiger partial charge >= 0.3 is 0 Å². The van der Waals surface area contributed by atoms with E-state index in [1.807, 2.05) is 26.0 Å². The van der Waals surface area contributed by atoms with Gasteiger partial charge in [-0.05, 0) is 24.6 Å². The first-order valence-corrected chi connectivity index (χ1v) is 7.52. The van der Waals surface area contributed by atoms with E-state index in [-0.39, 0.29) is 0 Å². The number of hydrogen-bond acceptors (Lipinski definition) is 3. The number of benzene rings is 1. The van der Waals surface area contributed by atoms with Crippen molar-refractivity contribution in [2.45, 2.75) is 20.4 Å². The zero-order chi connectivity index (χ0) is 12.5. The zero-order valence-corrected chi connectivity index (χ0v) is 11.4. The van der Waals surface area contributed by atoms with Crippen LogP contribution in [-0.2, 0) is 17.3 Å². The van der Waals surface area contributed by atoms with Gasteiger partial charge in [0.2, 0.25) is 0 Å². The molecule has 0 heterocycles. The predicted molar refractivity (Wildman–Crippen MR) is 72.9 cm³/mol. The molecule has 1 aromatic carbocycles. The van der Waals surface area contributed by atoms with E-state index in [9.17, 15) is 4.21 Å². The van der Waals surface area contributed by atoms with Crippen LogP contribution in [0.1, 0.15) is 19.4 Å². The molecule has 1 atom stereocenters. The molecular weight excluding hydrogens is 234 g/mol. The Labute approximate surface area is 106 Å². The van der Waals surface area contributed by atoms with Crippen molar-refractivity contribution in [3.63, 3.8) is 0 Å². The van der Waals surface area contributed by atoms with E-state index in [2.05, 4.69) is 17.4 Å². The molecule has 1 rings (SSSR count). The third-order valence-corrected chi connectivity index (χ3v) is 3.70. The predicted octanol–water partition coefficient (Wildman–Crippen LogP) is 1.94. The lowest BCUT2D eigenvalue weighted by atomic mass is 10.2. The summed E-state index contributed by atoms with van der Waals surface area (Å²) in [7, 11) is -0.674. The average molecular weight is 255 g/mol. The zero-order valence-electron chi connectivity index (χ0n) is 10.6. The first-order chi connectivity index (χ1) is 8.26. The molecule has 0 bridgehead atoms. The van der Waals surface area contributed by atoms with Gasteiger partial charge in [0.05, 0.1) is 6.61 Å². The highest BCUT2D eigenvalue weighted by Gasteiger charge is 1.97. The summed E-state index contributed by atoms with van der Waals surface area (Å²) < 4.78 is 16.6. The second kappa shape index (κ2) is 8.25. The maximum atomic E-state index is 11.2. The molecule has 1 unspecified atom stereocenters. The molecule has 0 radical (unpaired) electrons. The number of nitrogens with one attached hydrogen (secondary N) is 1. The first kappa shape index (κ1) is 14.2. The van der Waals surface area contributed by atoms with E-state index in [4.69, 9.17) is 4.74 Å². The van der Waals surface area contributed by atoms with E-state index in [1.165, 1.54) is 5.56 Å².